The summed E-state index contributed by atoms with van der Waals surface area (Å²) in [4.78, 5) is 8.24. The normalized spacial score (nSPS) is 10.8. The molecule has 0 bridgehead atoms. The lowest BCUT2D eigenvalue weighted by atomic mass is 10.3. The third kappa shape index (κ3) is 3.76. The number of hydrogen-bond donors (Lipinski definition) is 1. The van der Waals surface area contributed by atoms with Crippen molar-refractivity contribution in [2.75, 3.05) is 25.0 Å². The number of hydrogen-bond acceptors (Lipinski definition) is 4. The van der Waals surface area contributed by atoms with Gasteiger partial charge in [-0.15, -0.1) is 11.3 Å². The molecular weight excluding hydrogens is 218 g/mol. The molecule has 1 aromatic rings. The lowest BCUT2D eigenvalue weighted by molar-refractivity contribution is 0.730. The molecule has 0 fully saturated rings. The second-order valence-electron chi connectivity index (χ2n) is 4.06. The minimum absolute atomic E-state index is 0.946. The standard InChI is InChI=1S/C12H23N3S/c1-5-7-8-15(4)12-14-10(3)11(16-12)9-13-6-2/h13H,5-9H2,1-4H3. The zero-order valence-corrected chi connectivity index (χ0v) is 11.7. The maximum Gasteiger partial charge on any atom is 0.185 e. The molecule has 1 aromatic heterocycles. The van der Waals surface area contributed by atoms with Crippen LogP contribution < -0.4 is 10.2 Å². The molecule has 0 aliphatic carbocycles. The Hall–Kier alpha value is -0.610. The Kier molecular flexibility index (Phi) is 5.77. The van der Waals surface area contributed by atoms with Crippen molar-refractivity contribution in [2.24, 2.45) is 0 Å². The van der Waals surface area contributed by atoms with Crippen LogP contribution in [0.1, 0.15) is 37.3 Å². The molecule has 0 atom stereocenters. The molecule has 0 aliphatic heterocycles. The SMILES string of the molecule is CCCCN(C)c1nc(C)c(CNCC)s1. The van der Waals surface area contributed by atoms with Crippen LogP contribution in [0.3, 0.4) is 0 Å². The molecule has 1 heterocycles. The molecule has 1 N–H and O–H groups in total. The van der Waals surface area contributed by atoms with Crippen molar-refractivity contribution in [3.63, 3.8) is 0 Å². The fourth-order valence-corrected chi connectivity index (χ4v) is 2.49. The maximum atomic E-state index is 4.62. The zero-order chi connectivity index (χ0) is 12.0. The van der Waals surface area contributed by atoms with Gasteiger partial charge >= 0.3 is 0 Å². The Morgan fingerprint density at radius 1 is 1.38 bits per heavy atom. The first kappa shape index (κ1) is 13.5. The van der Waals surface area contributed by atoms with Crippen molar-refractivity contribution >= 4 is 16.5 Å². The van der Waals surface area contributed by atoms with Gasteiger partial charge in [0.1, 0.15) is 0 Å². The third-order valence-electron chi connectivity index (χ3n) is 2.59. The second-order valence-corrected chi connectivity index (χ2v) is 5.12. The molecule has 0 unspecified atom stereocenters. The topological polar surface area (TPSA) is 28.2 Å². The van der Waals surface area contributed by atoms with Crippen LogP contribution in [0.25, 0.3) is 0 Å². The number of nitrogens with zero attached hydrogens (tertiary/aromatic N) is 2. The van der Waals surface area contributed by atoms with Crippen LogP contribution in [-0.4, -0.2) is 25.1 Å². The molecule has 0 radical (unpaired) electrons. The molecular formula is C12H23N3S. The molecule has 0 spiro atoms. The monoisotopic (exact) mass is 241 g/mol. The first-order valence-corrected chi connectivity index (χ1v) is 6.88. The van der Waals surface area contributed by atoms with Gasteiger partial charge in [0, 0.05) is 25.0 Å². The zero-order valence-electron chi connectivity index (χ0n) is 10.8. The fourth-order valence-electron chi connectivity index (χ4n) is 1.47. The van der Waals surface area contributed by atoms with Gasteiger partial charge in [0.25, 0.3) is 0 Å². The van der Waals surface area contributed by atoms with Gasteiger partial charge in [0.2, 0.25) is 0 Å². The molecule has 0 aromatic carbocycles. The number of anilines is 1. The van der Waals surface area contributed by atoms with Crippen LogP contribution in [0, 0.1) is 6.92 Å². The highest BCUT2D eigenvalue weighted by Crippen LogP contribution is 2.25. The van der Waals surface area contributed by atoms with Gasteiger partial charge < -0.3 is 10.2 Å². The van der Waals surface area contributed by atoms with Gasteiger partial charge in [-0.1, -0.05) is 20.3 Å². The predicted molar refractivity (Wildman–Crippen MR) is 72.4 cm³/mol. The van der Waals surface area contributed by atoms with Crippen LogP contribution >= 0.6 is 11.3 Å². The number of nitrogens with one attached hydrogen (secondary N) is 1. The molecule has 1 rings (SSSR count). The summed E-state index contributed by atoms with van der Waals surface area (Å²) < 4.78 is 0. The van der Waals surface area contributed by atoms with Gasteiger partial charge in [-0.3, -0.25) is 0 Å². The Balaban J connectivity index is 2.60. The van der Waals surface area contributed by atoms with Crippen molar-refractivity contribution in [3.8, 4) is 0 Å². The molecule has 16 heavy (non-hydrogen) atoms. The van der Waals surface area contributed by atoms with Gasteiger partial charge in [-0.05, 0) is 19.9 Å². The lowest BCUT2D eigenvalue weighted by Gasteiger charge is -2.14. The number of unbranched alkanes of at least 4 members (excludes halogenated alkanes) is 1. The summed E-state index contributed by atoms with van der Waals surface area (Å²) in [6.07, 6.45) is 2.47. The first-order valence-electron chi connectivity index (χ1n) is 6.07. The Morgan fingerprint density at radius 3 is 2.75 bits per heavy atom. The Morgan fingerprint density at radius 2 is 2.12 bits per heavy atom. The van der Waals surface area contributed by atoms with Crippen LogP contribution in [0.2, 0.25) is 0 Å². The smallest absolute Gasteiger partial charge is 0.185 e. The van der Waals surface area contributed by atoms with E-state index in [0.29, 0.717) is 0 Å². The Labute approximate surface area is 103 Å². The summed E-state index contributed by atoms with van der Waals surface area (Å²) in [7, 11) is 2.13. The number of aryl methyl sites for hydroxylation is 1. The molecule has 4 heteroatoms. The van der Waals surface area contributed by atoms with E-state index in [1.807, 2.05) is 11.3 Å². The van der Waals surface area contributed by atoms with Crippen LogP contribution in [0.4, 0.5) is 5.13 Å². The average Bonchev–Trinajstić information content (AvgIpc) is 2.65. The third-order valence-corrected chi connectivity index (χ3v) is 3.86. The highest BCUT2D eigenvalue weighted by Gasteiger charge is 2.10. The van der Waals surface area contributed by atoms with Crippen LogP contribution in [-0.2, 0) is 6.54 Å². The average molecular weight is 241 g/mol. The minimum Gasteiger partial charge on any atom is -0.351 e. The van der Waals surface area contributed by atoms with Gasteiger partial charge in [-0.25, -0.2) is 4.98 Å². The van der Waals surface area contributed by atoms with E-state index in [9.17, 15) is 0 Å². The predicted octanol–water partition coefficient (Wildman–Crippen LogP) is 2.80. The molecule has 92 valence electrons. The van der Waals surface area contributed by atoms with E-state index in [1.54, 1.807) is 0 Å². The molecule has 3 nitrogen and oxygen atoms in total. The minimum atomic E-state index is 0.946. The lowest BCUT2D eigenvalue weighted by Crippen LogP contribution is -2.17. The summed E-state index contributed by atoms with van der Waals surface area (Å²) in [5, 5.41) is 4.50. The molecule has 0 aliphatic rings. The molecule has 0 saturated heterocycles. The van der Waals surface area contributed by atoms with Gasteiger partial charge in [0.15, 0.2) is 5.13 Å². The van der Waals surface area contributed by atoms with Crippen molar-refractivity contribution in [3.05, 3.63) is 10.6 Å². The number of aromatic nitrogens is 1. The summed E-state index contributed by atoms with van der Waals surface area (Å²) in [5.74, 6) is 0. The van der Waals surface area contributed by atoms with E-state index in [-0.39, 0.29) is 0 Å². The molecule has 0 saturated carbocycles. The van der Waals surface area contributed by atoms with Gasteiger partial charge in [0.05, 0.1) is 5.69 Å². The van der Waals surface area contributed by atoms with Crippen molar-refractivity contribution in [2.45, 2.75) is 40.2 Å². The highest BCUT2D eigenvalue weighted by atomic mass is 32.1. The van der Waals surface area contributed by atoms with Crippen molar-refractivity contribution in [1.82, 2.24) is 10.3 Å². The first-order chi connectivity index (χ1) is 7.69. The van der Waals surface area contributed by atoms with E-state index in [4.69, 9.17) is 0 Å². The van der Waals surface area contributed by atoms with E-state index in [0.717, 1.165) is 24.8 Å². The van der Waals surface area contributed by atoms with E-state index in [1.165, 1.54) is 23.4 Å². The highest BCUT2D eigenvalue weighted by molar-refractivity contribution is 7.15. The second kappa shape index (κ2) is 6.86. The van der Waals surface area contributed by atoms with Crippen LogP contribution in [0.15, 0.2) is 0 Å². The van der Waals surface area contributed by atoms with E-state index < -0.39 is 0 Å². The molecule has 0 amide bonds. The largest absolute Gasteiger partial charge is 0.351 e. The Bertz CT molecular complexity index is 309. The van der Waals surface area contributed by atoms with E-state index >= 15 is 0 Å². The quantitative estimate of drug-likeness (QED) is 0.795. The van der Waals surface area contributed by atoms with Crippen LogP contribution in [0.5, 0.6) is 0 Å². The summed E-state index contributed by atoms with van der Waals surface area (Å²) in [5.41, 5.74) is 1.17. The van der Waals surface area contributed by atoms with Crippen molar-refractivity contribution < 1.29 is 0 Å². The summed E-state index contributed by atoms with van der Waals surface area (Å²) in [6.45, 7) is 9.51. The maximum absolute atomic E-state index is 4.62. The van der Waals surface area contributed by atoms with E-state index in [2.05, 4.69) is 43.0 Å². The summed E-state index contributed by atoms with van der Waals surface area (Å²) >= 11 is 1.81. The van der Waals surface area contributed by atoms with Crippen molar-refractivity contribution in [1.29, 1.82) is 0 Å². The summed E-state index contributed by atoms with van der Waals surface area (Å²) in [6, 6.07) is 0. The van der Waals surface area contributed by atoms with Gasteiger partial charge in [-0.2, -0.15) is 0 Å². The fraction of sp³-hybridized carbons (Fsp3) is 0.750. The number of rotatable bonds is 7. The number of thiazole rings is 1.